The van der Waals surface area contributed by atoms with Crippen molar-refractivity contribution in [3.05, 3.63) is 0 Å². The Morgan fingerprint density at radius 3 is 2.06 bits per heavy atom. The van der Waals surface area contributed by atoms with E-state index in [0.29, 0.717) is 18.8 Å². The van der Waals surface area contributed by atoms with Crippen LogP contribution in [-0.2, 0) is 19.1 Å². The molecule has 0 aromatic heterocycles. The summed E-state index contributed by atoms with van der Waals surface area (Å²) >= 11 is 0. The second-order valence-corrected chi connectivity index (χ2v) is 3.48. The Bertz CT molecular complexity index is 178. The molecule has 0 spiro atoms. The lowest BCUT2D eigenvalue weighted by molar-refractivity contribution is -0.141. The molecule has 0 amide bonds. The summed E-state index contributed by atoms with van der Waals surface area (Å²) < 4.78 is 8.95. The Morgan fingerprint density at radius 2 is 1.69 bits per heavy atom. The molecule has 0 aliphatic heterocycles. The quantitative estimate of drug-likeness (QED) is 0.499. The third-order valence-electron chi connectivity index (χ3n) is 1.87. The van der Waals surface area contributed by atoms with Crippen molar-refractivity contribution in [1.29, 1.82) is 0 Å². The Hall–Kier alpha value is -0.900. The van der Waals surface area contributed by atoms with Gasteiger partial charge in [-0.05, 0) is 13.3 Å². The highest BCUT2D eigenvalue weighted by atomic mass is 16.5. The molecule has 96 valence electrons. The van der Waals surface area contributed by atoms with E-state index >= 15 is 0 Å². The molecule has 0 radical (unpaired) electrons. The summed E-state index contributed by atoms with van der Waals surface area (Å²) in [4.78, 5) is 20.6. The average molecular weight is 232 g/mol. The van der Waals surface area contributed by atoms with Crippen LogP contribution in [0.1, 0.15) is 46.0 Å². The van der Waals surface area contributed by atoms with Gasteiger partial charge >= 0.3 is 5.97 Å². The van der Waals surface area contributed by atoms with Gasteiger partial charge in [0.25, 0.3) is 0 Å². The van der Waals surface area contributed by atoms with Crippen LogP contribution in [-0.4, -0.2) is 32.6 Å². The number of hydrogen-bond donors (Lipinski definition) is 0. The molecule has 0 aliphatic rings. The fourth-order valence-corrected chi connectivity index (χ4v) is 0.911. The molecule has 4 heteroatoms. The summed E-state index contributed by atoms with van der Waals surface area (Å²) in [5.41, 5.74) is 0. The van der Waals surface area contributed by atoms with Gasteiger partial charge in [-0.15, -0.1) is 0 Å². The van der Waals surface area contributed by atoms with Gasteiger partial charge in [0.15, 0.2) is 0 Å². The van der Waals surface area contributed by atoms with Crippen LogP contribution in [0.2, 0.25) is 0 Å². The van der Waals surface area contributed by atoms with Gasteiger partial charge in [0, 0.05) is 13.5 Å². The summed E-state index contributed by atoms with van der Waals surface area (Å²) in [6.45, 7) is 4.22. The Kier molecular flexibility index (Phi) is 15.4. The monoisotopic (exact) mass is 232 g/mol. The molecule has 0 aromatic rings. The maximum atomic E-state index is 10.3. The van der Waals surface area contributed by atoms with Gasteiger partial charge in [-0.25, -0.2) is 0 Å². The standard InChI is InChI=1S/C7H14O.C5H10O3/c1-3-4-5-6-7(2)8;1-7-4-3-5(6)8-2/h3-6H2,1-2H3;3-4H2,1-2H3. The lowest BCUT2D eigenvalue weighted by Crippen LogP contribution is -2.03. The SMILES string of the molecule is CCCCCC(C)=O.COCCC(=O)OC. The zero-order valence-electron chi connectivity index (χ0n) is 10.9. The predicted molar refractivity (Wildman–Crippen MR) is 63.3 cm³/mol. The number of carbonyl (C=O) groups excluding carboxylic acids is 2. The smallest absolute Gasteiger partial charge is 0.307 e. The zero-order chi connectivity index (χ0) is 12.8. The molecular formula is C12H24O4. The van der Waals surface area contributed by atoms with E-state index in [1.807, 2.05) is 0 Å². The molecule has 0 fully saturated rings. The Labute approximate surface area is 98.3 Å². The number of ketones is 1. The largest absolute Gasteiger partial charge is 0.469 e. The Morgan fingerprint density at radius 1 is 1.06 bits per heavy atom. The first-order valence-corrected chi connectivity index (χ1v) is 5.63. The molecule has 0 rings (SSSR count). The lowest BCUT2D eigenvalue weighted by Gasteiger charge is -1.94. The summed E-state index contributed by atoms with van der Waals surface area (Å²) in [7, 11) is 2.90. The molecule has 16 heavy (non-hydrogen) atoms. The first-order chi connectivity index (χ1) is 7.58. The number of ether oxygens (including phenoxy) is 2. The van der Waals surface area contributed by atoms with E-state index in [1.165, 1.54) is 20.0 Å². The normalized spacial score (nSPS) is 9.00. The highest BCUT2D eigenvalue weighted by Gasteiger charge is 1.95. The number of methoxy groups -OCH3 is 2. The van der Waals surface area contributed by atoms with Crippen LogP contribution in [0, 0.1) is 0 Å². The van der Waals surface area contributed by atoms with Crippen molar-refractivity contribution in [2.75, 3.05) is 20.8 Å². The van der Waals surface area contributed by atoms with Crippen LogP contribution in [0.25, 0.3) is 0 Å². The molecule has 0 aromatic carbocycles. The highest BCUT2D eigenvalue weighted by Crippen LogP contribution is 1.98. The minimum absolute atomic E-state index is 0.230. The third kappa shape index (κ3) is 18.8. The zero-order valence-corrected chi connectivity index (χ0v) is 10.9. The second-order valence-electron chi connectivity index (χ2n) is 3.48. The Balaban J connectivity index is 0. The van der Waals surface area contributed by atoms with Crippen molar-refractivity contribution in [2.24, 2.45) is 0 Å². The van der Waals surface area contributed by atoms with Crippen LogP contribution >= 0.6 is 0 Å². The number of hydrogen-bond acceptors (Lipinski definition) is 4. The molecule has 0 saturated carbocycles. The van der Waals surface area contributed by atoms with E-state index < -0.39 is 0 Å². The topological polar surface area (TPSA) is 52.6 Å². The first kappa shape index (κ1) is 17.5. The van der Waals surface area contributed by atoms with Crippen LogP contribution in [0.3, 0.4) is 0 Å². The minimum Gasteiger partial charge on any atom is -0.469 e. The van der Waals surface area contributed by atoms with Crippen molar-refractivity contribution in [1.82, 2.24) is 0 Å². The number of Topliss-reactive ketones (excluding diaryl/α,β-unsaturated/α-hetero) is 1. The summed E-state index contributed by atoms with van der Waals surface area (Å²) in [5.74, 6) is 0.0882. The third-order valence-corrected chi connectivity index (χ3v) is 1.87. The van der Waals surface area contributed by atoms with Gasteiger partial charge in [0.1, 0.15) is 5.78 Å². The molecule has 0 bridgehead atoms. The fourth-order valence-electron chi connectivity index (χ4n) is 0.911. The lowest BCUT2D eigenvalue weighted by atomic mass is 10.2. The predicted octanol–water partition coefficient (Wildman–Crippen LogP) is 2.35. The summed E-state index contributed by atoms with van der Waals surface area (Å²) in [5, 5.41) is 0. The van der Waals surface area contributed by atoms with Gasteiger partial charge in [0.2, 0.25) is 0 Å². The minimum atomic E-state index is -0.230. The molecular weight excluding hydrogens is 208 g/mol. The fraction of sp³-hybridized carbons (Fsp3) is 0.833. The van der Waals surface area contributed by atoms with Gasteiger partial charge in [-0.1, -0.05) is 19.8 Å². The van der Waals surface area contributed by atoms with Crippen molar-refractivity contribution >= 4 is 11.8 Å². The maximum Gasteiger partial charge on any atom is 0.307 e. The van der Waals surface area contributed by atoms with Crippen molar-refractivity contribution in [3.63, 3.8) is 0 Å². The van der Waals surface area contributed by atoms with Gasteiger partial charge in [-0.3, -0.25) is 4.79 Å². The average Bonchev–Trinajstić information content (AvgIpc) is 2.26. The molecule has 0 saturated heterocycles. The van der Waals surface area contributed by atoms with E-state index in [-0.39, 0.29) is 5.97 Å². The molecule has 0 unspecified atom stereocenters. The van der Waals surface area contributed by atoms with E-state index in [9.17, 15) is 9.59 Å². The van der Waals surface area contributed by atoms with Crippen LogP contribution in [0.4, 0.5) is 0 Å². The molecule has 0 N–H and O–H groups in total. The summed E-state index contributed by atoms with van der Waals surface area (Å²) in [6, 6.07) is 0. The van der Waals surface area contributed by atoms with E-state index in [1.54, 1.807) is 14.0 Å². The van der Waals surface area contributed by atoms with Gasteiger partial charge < -0.3 is 14.3 Å². The van der Waals surface area contributed by atoms with Crippen LogP contribution in [0.15, 0.2) is 0 Å². The number of esters is 1. The van der Waals surface area contributed by atoms with Gasteiger partial charge in [-0.2, -0.15) is 0 Å². The number of unbranched alkanes of at least 4 members (excludes halogenated alkanes) is 2. The number of rotatable bonds is 7. The molecule has 0 heterocycles. The van der Waals surface area contributed by atoms with Crippen LogP contribution < -0.4 is 0 Å². The highest BCUT2D eigenvalue weighted by molar-refractivity contribution is 5.75. The molecule has 4 nitrogen and oxygen atoms in total. The van der Waals surface area contributed by atoms with Crippen molar-refractivity contribution in [3.8, 4) is 0 Å². The molecule has 0 aliphatic carbocycles. The van der Waals surface area contributed by atoms with Crippen molar-refractivity contribution in [2.45, 2.75) is 46.0 Å². The maximum absolute atomic E-state index is 10.3. The molecule has 0 atom stereocenters. The first-order valence-electron chi connectivity index (χ1n) is 5.63. The second kappa shape index (κ2) is 14.1. The van der Waals surface area contributed by atoms with Crippen molar-refractivity contribution < 1.29 is 19.1 Å². The van der Waals surface area contributed by atoms with Gasteiger partial charge in [0.05, 0.1) is 20.1 Å². The number of carbonyl (C=O) groups is 2. The van der Waals surface area contributed by atoms with Crippen LogP contribution in [0.5, 0.6) is 0 Å². The van der Waals surface area contributed by atoms with E-state index in [2.05, 4.69) is 16.4 Å². The van der Waals surface area contributed by atoms with E-state index in [4.69, 9.17) is 0 Å². The van der Waals surface area contributed by atoms with E-state index in [0.717, 1.165) is 12.8 Å². The summed E-state index contributed by atoms with van der Waals surface area (Å²) in [6.07, 6.45) is 4.58.